The lowest BCUT2D eigenvalue weighted by Crippen LogP contribution is -2.28. The summed E-state index contributed by atoms with van der Waals surface area (Å²) in [4.78, 5) is 31.2. The van der Waals surface area contributed by atoms with Gasteiger partial charge in [-0.1, -0.05) is 11.8 Å². The highest BCUT2D eigenvalue weighted by atomic mass is 32.1. The monoisotopic (exact) mass is 298 g/mol. The van der Waals surface area contributed by atoms with E-state index in [0.29, 0.717) is 5.56 Å². The minimum atomic E-state index is -0.369. The van der Waals surface area contributed by atoms with Gasteiger partial charge in [0.2, 0.25) is 0 Å². The van der Waals surface area contributed by atoms with E-state index in [1.54, 1.807) is 18.2 Å². The Kier molecular flexibility index (Phi) is 3.52. The van der Waals surface area contributed by atoms with E-state index in [4.69, 9.17) is 5.11 Å². The van der Waals surface area contributed by atoms with Crippen LogP contribution in [0.5, 0.6) is 0 Å². The van der Waals surface area contributed by atoms with Crippen LogP contribution in [-0.2, 0) is 6.54 Å². The summed E-state index contributed by atoms with van der Waals surface area (Å²) in [5.74, 6) is 4.67. The molecule has 2 aromatic heterocycles. The zero-order chi connectivity index (χ0) is 14.8. The van der Waals surface area contributed by atoms with Crippen molar-refractivity contribution in [1.29, 1.82) is 0 Å². The summed E-state index contributed by atoms with van der Waals surface area (Å²) in [5, 5.41) is 8.66. The van der Waals surface area contributed by atoms with Crippen LogP contribution in [0.25, 0.3) is 0 Å². The Balaban J connectivity index is 1.82. The van der Waals surface area contributed by atoms with Gasteiger partial charge in [-0.25, -0.2) is 0 Å². The van der Waals surface area contributed by atoms with Gasteiger partial charge in [0.05, 0.1) is 17.0 Å². The maximum Gasteiger partial charge on any atom is 0.280 e. The van der Waals surface area contributed by atoms with Crippen molar-refractivity contribution in [2.24, 2.45) is 0 Å². The molecule has 6 heteroatoms. The van der Waals surface area contributed by atoms with E-state index in [1.165, 1.54) is 22.4 Å². The SMILES string of the molecule is O=C1c2cccnc2C(=O)N1Cc1ccc(C#CCO)s1. The molecule has 0 saturated heterocycles. The number of fused-ring (bicyclic) bond motifs is 1. The van der Waals surface area contributed by atoms with Crippen LogP contribution in [0.15, 0.2) is 30.5 Å². The minimum Gasteiger partial charge on any atom is -0.384 e. The van der Waals surface area contributed by atoms with Crippen molar-refractivity contribution in [3.05, 3.63) is 51.5 Å². The number of rotatable bonds is 2. The van der Waals surface area contributed by atoms with Gasteiger partial charge in [-0.3, -0.25) is 19.5 Å². The number of pyridine rings is 1. The predicted molar refractivity (Wildman–Crippen MR) is 76.7 cm³/mol. The van der Waals surface area contributed by atoms with Crippen LogP contribution in [0.4, 0.5) is 0 Å². The molecular formula is C15H10N2O3S. The summed E-state index contributed by atoms with van der Waals surface area (Å²) in [6.45, 7) is 0.0107. The molecule has 2 aromatic rings. The molecule has 21 heavy (non-hydrogen) atoms. The highest BCUT2D eigenvalue weighted by molar-refractivity contribution is 7.12. The Morgan fingerprint density at radius 2 is 2.10 bits per heavy atom. The quantitative estimate of drug-likeness (QED) is 0.670. The van der Waals surface area contributed by atoms with Crippen LogP contribution < -0.4 is 0 Å². The Morgan fingerprint density at radius 1 is 1.24 bits per heavy atom. The first kappa shape index (κ1) is 13.5. The summed E-state index contributed by atoms with van der Waals surface area (Å²) >= 11 is 1.39. The molecule has 3 heterocycles. The lowest BCUT2D eigenvalue weighted by Gasteiger charge is -2.11. The highest BCUT2D eigenvalue weighted by Gasteiger charge is 2.36. The topological polar surface area (TPSA) is 70.5 Å². The van der Waals surface area contributed by atoms with E-state index in [2.05, 4.69) is 16.8 Å². The van der Waals surface area contributed by atoms with Crippen molar-refractivity contribution in [2.45, 2.75) is 6.54 Å². The number of aromatic nitrogens is 1. The van der Waals surface area contributed by atoms with Gasteiger partial charge in [0, 0.05) is 11.1 Å². The predicted octanol–water partition coefficient (Wildman–Crippen LogP) is 1.28. The number of aliphatic hydroxyl groups is 1. The second-order valence-corrected chi connectivity index (χ2v) is 5.49. The van der Waals surface area contributed by atoms with E-state index in [9.17, 15) is 9.59 Å². The fraction of sp³-hybridized carbons (Fsp3) is 0.133. The molecule has 3 rings (SSSR count). The van der Waals surface area contributed by atoms with Crippen LogP contribution in [0.3, 0.4) is 0 Å². The van der Waals surface area contributed by atoms with Gasteiger partial charge in [-0.15, -0.1) is 11.3 Å². The van der Waals surface area contributed by atoms with E-state index in [1.807, 2.05) is 6.07 Å². The molecule has 0 aliphatic carbocycles. The molecule has 0 saturated carbocycles. The van der Waals surface area contributed by atoms with Crippen molar-refractivity contribution in [3.8, 4) is 11.8 Å². The molecule has 0 fully saturated rings. The number of imide groups is 1. The van der Waals surface area contributed by atoms with Gasteiger partial charge in [0.15, 0.2) is 0 Å². The van der Waals surface area contributed by atoms with Crippen molar-refractivity contribution in [3.63, 3.8) is 0 Å². The summed E-state index contributed by atoms with van der Waals surface area (Å²) in [6, 6.07) is 6.87. The smallest absolute Gasteiger partial charge is 0.280 e. The van der Waals surface area contributed by atoms with E-state index < -0.39 is 0 Å². The van der Waals surface area contributed by atoms with E-state index in [-0.39, 0.29) is 30.7 Å². The Hall–Kier alpha value is -2.49. The molecule has 1 aliphatic rings. The lowest BCUT2D eigenvalue weighted by molar-refractivity contribution is 0.0642. The standard InChI is InChI=1S/C15H10N2O3S/c18-8-2-3-10-5-6-11(21-10)9-17-14(19)12-4-1-7-16-13(12)15(17)20/h1,4-7,18H,8-9H2. The first-order valence-electron chi connectivity index (χ1n) is 6.20. The third kappa shape index (κ3) is 2.44. The van der Waals surface area contributed by atoms with Gasteiger partial charge >= 0.3 is 0 Å². The number of aliphatic hydroxyl groups excluding tert-OH is 1. The molecule has 104 valence electrons. The molecule has 0 radical (unpaired) electrons. The Labute approximate surface area is 124 Å². The third-order valence-corrected chi connectivity index (χ3v) is 3.98. The van der Waals surface area contributed by atoms with Gasteiger partial charge in [-0.05, 0) is 24.3 Å². The first-order valence-corrected chi connectivity index (χ1v) is 7.02. The molecule has 1 N–H and O–H groups in total. The largest absolute Gasteiger partial charge is 0.384 e. The Morgan fingerprint density at radius 3 is 2.86 bits per heavy atom. The van der Waals surface area contributed by atoms with Crippen LogP contribution in [0, 0.1) is 11.8 Å². The van der Waals surface area contributed by atoms with Gasteiger partial charge in [0.25, 0.3) is 11.8 Å². The zero-order valence-electron chi connectivity index (χ0n) is 10.9. The number of hydrogen-bond acceptors (Lipinski definition) is 5. The third-order valence-electron chi connectivity index (χ3n) is 3.00. The van der Waals surface area contributed by atoms with E-state index >= 15 is 0 Å². The fourth-order valence-corrected chi connectivity index (χ4v) is 2.94. The second-order valence-electron chi connectivity index (χ2n) is 4.32. The molecule has 0 unspecified atom stereocenters. The fourth-order valence-electron chi connectivity index (χ4n) is 2.07. The van der Waals surface area contributed by atoms with Crippen LogP contribution in [0.2, 0.25) is 0 Å². The van der Waals surface area contributed by atoms with Crippen molar-refractivity contribution in [2.75, 3.05) is 6.61 Å². The number of thiophene rings is 1. The number of carbonyl (C=O) groups excluding carboxylic acids is 2. The molecule has 0 atom stereocenters. The molecule has 2 amide bonds. The first-order chi connectivity index (χ1) is 10.2. The molecule has 1 aliphatic heterocycles. The Bertz CT molecular complexity index is 750. The minimum absolute atomic E-state index is 0.197. The highest BCUT2D eigenvalue weighted by Crippen LogP contribution is 2.25. The van der Waals surface area contributed by atoms with Gasteiger partial charge in [-0.2, -0.15) is 0 Å². The van der Waals surface area contributed by atoms with Crippen LogP contribution in [0.1, 0.15) is 30.6 Å². The second kappa shape index (κ2) is 5.48. The zero-order valence-corrected chi connectivity index (χ0v) is 11.7. The average molecular weight is 298 g/mol. The van der Waals surface area contributed by atoms with Gasteiger partial charge < -0.3 is 5.11 Å². The molecule has 0 aromatic carbocycles. The van der Waals surface area contributed by atoms with Crippen LogP contribution >= 0.6 is 11.3 Å². The summed E-state index contributed by atoms with van der Waals surface area (Å²) < 4.78 is 0. The lowest BCUT2D eigenvalue weighted by atomic mass is 10.2. The number of amides is 2. The molecular weight excluding hydrogens is 288 g/mol. The maximum absolute atomic E-state index is 12.2. The van der Waals surface area contributed by atoms with Gasteiger partial charge in [0.1, 0.15) is 12.3 Å². The van der Waals surface area contributed by atoms with E-state index in [0.717, 1.165) is 9.75 Å². The molecule has 5 nitrogen and oxygen atoms in total. The maximum atomic E-state index is 12.2. The number of nitrogens with zero attached hydrogens (tertiary/aromatic N) is 2. The summed E-state index contributed by atoms with van der Waals surface area (Å²) in [6.07, 6.45) is 1.50. The van der Waals surface area contributed by atoms with Crippen molar-refractivity contribution in [1.82, 2.24) is 9.88 Å². The van der Waals surface area contributed by atoms with Crippen LogP contribution in [-0.4, -0.2) is 33.4 Å². The molecule has 0 spiro atoms. The average Bonchev–Trinajstić information content (AvgIpc) is 3.05. The summed E-state index contributed by atoms with van der Waals surface area (Å²) in [7, 11) is 0. The number of carbonyl (C=O) groups is 2. The van der Waals surface area contributed by atoms with Crippen molar-refractivity contribution >= 4 is 23.2 Å². The summed E-state index contributed by atoms with van der Waals surface area (Å²) in [5.41, 5.74) is 0.554. The van der Waals surface area contributed by atoms with Crippen molar-refractivity contribution < 1.29 is 14.7 Å². The normalized spacial score (nSPS) is 13.1. The molecule has 0 bridgehead atoms. The number of hydrogen-bond donors (Lipinski definition) is 1.